The summed E-state index contributed by atoms with van der Waals surface area (Å²) in [5.41, 5.74) is 2.08. The van der Waals surface area contributed by atoms with Crippen molar-refractivity contribution in [1.29, 1.82) is 0 Å². The van der Waals surface area contributed by atoms with E-state index in [0.29, 0.717) is 6.54 Å². The van der Waals surface area contributed by atoms with Crippen molar-refractivity contribution >= 4 is 5.97 Å². The number of hydrogen-bond acceptors (Lipinski definition) is 4. The number of carbonyl (C=O) groups is 1. The average molecular weight is 257 g/mol. The van der Waals surface area contributed by atoms with E-state index in [9.17, 15) is 4.79 Å². The Morgan fingerprint density at radius 2 is 2.05 bits per heavy atom. The summed E-state index contributed by atoms with van der Waals surface area (Å²) in [6.45, 7) is 1.42. The number of nitrogens with zero attached hydrogens (tertiary/aromatic N) is 2. The molecule has 5 heteroatoms. The summed E-state index contributed by atoms with van der Waals surface area (Å²) < 4.78 is 0. The molecule has 5 nitrogen and oxygen atoms in total. The Hall–Kier alpha value is -2.27. The summed E-state index contributed by atoms with van der Waals surface area (Å²) in [6, 6.07) is 9.13. The SMILES string of the molecule is O=C(O)c1ccc(CNCCc2ccccn2)nc1. The molecule has 0 bridgehead atoms. The summed E-state index contributed by atoms with van der Waals surface area (Å²) >= 11 is 0. The van der Waals surface area contributed by atoms with Crippen LogP contribution in [0.4, 0.5) is 0 Å². The van der Waals surface area contributed by atoms with E-state index < -0.39 is 5.97 Å². The van der Waals surface area contributed by atoms with Crippen molar-refractivity contribution in [1.82, 2.24) is 15.3 Å². The van der Waals surface area contributed by atoms with Crippen LogP contribution in [0.25, 0.3) is 0 Å². The normalized spacial score (nSPS) is 10.3. The third-order valence-electron chi connectivity index (χ3n) is 2.66. The highest BCUT2D eigenvalue weighted by Crippen LogP contribution is 2.00. The van der Waals surface area contributed by atoms with E-state index in [0.717, 1.165) is 24.4 Å². The molecule has 2 aromatic rings. The average Bonchev–Trinajstić information content (AvgIpc) is 2.45. The number of aromatic nitrogens is 2. The second-order valence-corrected chi connectivity index (χ2v) is 4.09. The van der Waals surface area contributed by atoms with Gasteiger partial charge in [0.05, 0.1) is 11.3 Å². The van der Waals surface area contributed by atoms with Crippen LogP contribution in [0.3, 0.4) is 0 Å². The number of carboxylic acid groups (broad SMARTS) is 1. The fraction of sp³-hybridized carbons (Fsp3) is 0.214. The third kappa shape index (κ3) is 4.15. The van der Waals surface area contributed by atoms with Gasteiger partial charge in [-0.2, -0.15) is 0 Å². The monoisotopic (exact) mass is 257 g/mol. The molecule has 0 unspecified atom stereocenters. The summed E-state index contributed by atoms with van der Waals surface area (Å²) in [5.74, 6) is -0.956. The largest absolute Gasteiger partial charge is 0.478 e. The van der Waals surface area contributed by atoms with Gasteiger partial charge in [0.15, 0.2) is 0 Å². The van der Waals surface area contributed by atoms with Gasteiger partial charge in [-0.15, -0.1) is 0 Å². The van der Waals surface area contributed by atoms with Gasteiger partial charge in [-0.05, 0) is 24.3 Å². The van der Waals surface area contributed by atoms with Crippen LogP contribution in [-0.4, -0.2) is 27.6 Å². The molecule has 0 amide bonds. The van der Waals surface area contributed by atoms with E-state index in [2.05, 4.69) is 15.3 Å². The molecule has 0 aliphatic carbocycles. The lowest BCUT2D eigenvalue weighted by Gasteiger charge is -2.04. The Bertz CT molecular complexity index is 526. The van der Waals surface area contributed by atoms with E-state index in [1.807, 2.05) is 18.2 Å². The lowest BCUT2D eigenvalue weighted by molar-refractivity contribution is 0.0696. The summed E-state index contributed by atoms with van der Waals surface area (Å²) in [4.78, 5) is 19.0. The number of hydrogen-bond donors (Lipinski definition) is 2. The van der Waals surface area contributed by atoms with Crippen LogP contribution in [0.15, 0.2) is 42.7 Å². The highest BCUT2D eigenvalue weighted by atomic mass is 16.4. The summed E-state index contributed by atoms with van der Waals surface area (Å²) in [7, 11) is 0. The van der Waals surface area contributed by atoms with Crippen molar-refractivity contribution in [2.75, 3.05) is 6.54 Å². The molecule has 2 heterocycles. The molecule has 0 spiro atoms. The van der Waals surface area contributed by atoms with Gasteiger partial charge in [-0.25, -0.2) is 4.79 Å². The van der Waals surface area contributed by atoms with Crippen molar-refractivity contribution in [3.63, 3.8) is 0 Å². The quantitative estimate of drug-likeness (QED) is 0.767. The Kier molecular flexibility index (Phi) is 4.58. The van der Waals surface area contributed by atoms with Crippen molar-refractivity contribution < 1.29 is 9.90 Å². The Morgan fingerprint density at radius 1 is 1.16 bits per heavy atom. The van der Waals surface area contributed by atoms with Crippen LogP contribution in [0, 0.1) is 0 Å². The highest BCUT2D eigenvalue weighted by Gasteiger charge is 2.02. The van der Waals surface area contributed by atoms with Gasteiger partial charge in [0.1, 0.15) is 0 Å². The second kappa shape index (κ2) is 6.61. The molecule has 0 aliphatic rings. The number of rotatable bonds is 6. The molecular formula is C14H15N3O2. The fourth-order valence-corrected chi connectivity index (χ4v) is 1.63. The zero-order chi connectivity index (χ0) is 13.5. The van der Waals surface area contributed by atoms with Gasteiger partial charge < -0.3 is 10.4 Å². The molecule has 0 saturated carbocycles. The molecule has 0 radical (unpaired) electrons. The smallest absolute Gasteiger partial charge is 0.337 e. The molecule has 0 fully saturated rings. The van der Waals surface area contributed by atoms with Gasteiger partial charge >= 0.3 is 5.97 Å². The van der Waals surface area contributed by atoms with Crippen LogP contribution in [0.5, 0.6) is 0 Å². The molecule has 2 N–H and O–H groups in total. The molecule has 0 saturated heterocycles. The van der Waals surface area contributed by atoms with Gasteiger partial charge in [-0.3, -0.25) is 9.97 Å². The maximum absolute atomic E-state index is 10.7. The number of nitrogens with one attached hydrogen (secondary N) is 1. The van der Waals surface area contributed by atoms with Crippen LogP contribution in [-0.2, 0) is 13.0 Å². The van der Waals surface area contributed by atoms with Gasteiger partial charge in [0, 0.05) is 37.6 Å². The molecule has 0 atom stereocenters. The van der Waals surface area contributed by atoms with E-state index in [1.165, 1.54) is 6.20 Å². The van der Waals surface area contributed by atoms with E-state index >= 15 is 0 Å². The lowest BCUT2D eigenvalue weighted by Crippen LogP contribution is -2.18. The van der Waals surface area contributed by atoms with Gasteiger partial charge in [-0.1, -0.05) is 6.07 Å². The number of carboxylic acids is 1. The first-order valence-electron chi connectivity index (χ1n) is 6.04. The maximum atomic E-state index is 10.7. The Balaban J connectivity index is 1.75. The van der Waals surface area contributed by atoms with Crippen molar-refractivity contribution in [2.45, 2.75) is 13.0 Å². The molecule has 2 rings (SSSR count). The van der Waals surface area contributed by atoms with Crippen molar-refractivity contribution in [3.05, 3.63) is 59.7 Å². The number of pyridine rings is 2. The third-order valence-corrected chi connectivity index (χ3v) is 2.66. The van der Waals surface area contributed by atoms with Crippen LogP contribution < -0.4 is 5.32 Å². The maximum Gasteiger partial charge on any atom is 0.337 e. The zero-order valence-corrected chi connectivity index (χ0v) is 10.4. The molecule has 19 heavy (non-hydrogen) atoms. The van der Waals surface area contributed by atoms with Crippen LogP contribution in [0.2, 0.25) is 0 Å². The second-order valence-electron chi connectivity index (χ2n) is 4.09. The Labute approximate surface area is 111 Å². The summed E-state index contributed by atoms with van der Waals surface area (Å²) in [5, 5.41) is 12.0. The first-order valence-corrected chi connectivity index (χ1v) is 6.04. The zero-order valence-electron chi connectivity index (χ0n) is 10.4. The minimum atomic E-state index is -0.956. The first kappa shape index (κ1) is 13.2. The lowest BCUT2D eigenvalue weighted by atomic mass is 10.2. The molecule has 0 aliphatic heterocycles. The van der Waals surface area contributed by atoms with Gasteiger partial charge in [0.25, 0.3) is 0 Å². The van der Waals surface area contributed by atoms with E-state index in [4.69, 9.17) is 5.11 Å². The van der Waals surface area contributed by atoms with Gasteiger partial charge in [0.2, 0.25) is 0 Å². The molecule has 98 valence electrons. The van der Waals surface area contributed by atoms with E-state index in [-0.39, 0.29) is 5.56 Å². The van der Waals surface area contributed by atoms with Crippen LogP contribution >= 0.6 is 0 Å². The topological polar surface area (TPSA) is 75.1 Å². The minimum Gasteiger partial charge on any atom is -0.478 e. The Morgan fingerprint density at radius 3 is 2.68 bits per heavy atom. The predicted octanol–water partition coefficient (Wildman–Crippen LogP) is 1.51. The molecule has 2 aromatic heterocycles. The van der Waals surface area contributed by atoms with Crippen molar-refractivity contribution in [3.8, 4) is 0 Å². The van der Waals surface area contributed by atoms with Crippen LogP contribution in [0.1, 0.15) is 21.7 Å². The molecule has 0 aromatic carbocycles. The highest BCUT2D eigenvalue weighted by molar-refractivity contribution is 5.87. The van der Waals surface area contributed by atoms with E-state index in [1.54, 1.807) is 18.3 Å². The fourth-order valence-electron chi connectivity index (χ4n) is 1.63. The molecular weight excluding hydrogens is 242 g/mol. The predicted molar refractivity (Wildman–Crippen MR) is 70.8 cm³/mol. The van der Waals surface area contributed by atoms with Crippen molar-refractivity contribution in [2.24, 2.45) is 0 Å². The standard InChI is InChI=1S/C14H15N3O2/c18-14(19)11-4-5-13(17-9-11)10-15-8-6-12-3-1-2-7-16-12/h1-5,7,9,15H,6,8,10H2,(H,18,19). The minimum absolute atomic E-state index is 0.206. The summed E-state index contributed by atoms with van der Waals surface area (Å²) in [6.07, 6.45) is 4.01. The first-order chi connectivity index (χ1) is 9.25. The number of aromatic carboxylic acids is 1.